The number of thioether (sulfide) groups is 1. The van der Waals surface area contributed by atoms with Gasteiger partial charge < -0.3 is 20.1 Å². The number of fused-ring (bicyclic) bond motifs is 1. The summed E-state index contributed by atoms with van der Waals surface area (Å²) in [6, 6.07) is 5.30. The van der Waals surface area contributed by atoms with E-state index < -0.39 is 0 Å². The summed E-state index contributed by atoms with van der Waals surface area (Å²) in [4.78, 5) is 24.1. The highest BCUT2D eigenvalue weighted by Crippen LogP contribution is 2.33. The zero-order chi connectivity index (χ0) is 18.6. The van der Waals surface area contributed by atoms with Crippen LogP contribution < -0.4 is 20.1 Å². The lowest BCUT2D eigenvalue weighted by Crippen LogP contribution is -2.27. The average Bonchev–Trinajstić information content (AvgIpc) is 3.05. The second-order valence-corrected chi connectivity index (χ2v) is 8.39. The lowest BCUT2D eigenvalue weighted by molar-refractivity contribution is -0.122. The van der Waals surface area contributed by atoms with Crippen LogP contribution >= 0.6 is 23.1 Å². The normalized spacial score (nSPS) is 15.7. The van der Waals surface area contributed by atoms with Gasteiger partial charge in [-0.25, -0.2) is 0 Å². The minimum atomic E-state index is -0.160. The van der Waals surface area contributed by atoms with Gasteiger partial charge in [0.1, 0.15) is 13.2 Å². The van der Waals surface area contributed by atoms with Gasteiger partial charge in [-0.3, -0.25) is 9.59 Å². The zero-order valence-corrected chi connectivity index (χ0v) is 16.0. The molecule has 4 rings (SSSR count). The molecule has 0 saturated heterocycles. The molecule has 0 bridgehead atoms. The molecule has 1 saturated carbocycles. The molecular formula is C17H18N4O4S2. The van der Waals surface area contributed by atoms with Crippen LogP contribution in [0.4, 0.5) is 10.8 Å². The maximum Gasteiger partial charge on any atom is 0.234 e. The Morgan fingerprint density at radius 3 is 2.74 bits per heavy atom. The minimum absolute atomic E-state index is 0.00491. The number of carbonyl (C=O) groups is 2. The highest BCUT2D eigenvalue weighted by molar-refractivity contribution is 8.01. The zero-order valence-electron chi connectivity index (χ0n) is 14.4. The van der Waals surface area contributed by atoms with Crippen LogP contribution in [-0.4, -0.2) is 41.0 Å². The van der Waals surface area contributed by atoms with E-state index in [1.165, 1.54) is 23.1 Å². The first-order valence-electron chi connectivity index (χ1n) is 8.64. The van der Waals surface area contributed by atoms with E-state index in [1.807, 2.05) is 0 Å². The molecule has 10 heteroatoms. The number of hydrogen-bond acceptors (Lipinski definition) is 8. The summed E-state index contributed by atoms with van der Waals surface area (Å²) >= 11 is 2.55. The first-order chi connectivity index (χ1) is 13.2. The first-order valence-corrected chi connectivity index (χ1v) is 10.4. The molecule has 0 spiro atoms. The third-order valence-electron chi connectivity index (χ3n) is 4.27. The maximum atomic E-state index is 12.2. The minimum Gasteiger partial charge on any atom is -0.486 e. The number of amides is 2. The summed E-state index contributed by atoms with van der Waals surface area (Å²) in [6.07, 6.45) is 2.98. The molecule has 2 aliphatic rings. The monoisotopic (exact) mass is 406 g/mol. The van der Waals surface area contributed by atoms with E-state index in [0.717, 1.165) is 19.3 Å². The molecule has 2 aromatic rings. The molecule has 1 aromatic heterocycles. The summed E-state index contributed by atoms with van der Waals surface area (Å²) in [7, 11) is 0. The predicted octanol–water partition coefficient (Wildman–Crippen LogP) is 2.78. The predicted molar refractivity (Wildman–Crippen MR) is 103 cm³/mol. The van der Waals surface area contributed by atoms with Crippen molar-refractivity contribution in [3.63, 3.8) is 0 Å². The summed E-state index contributed by atoms with van der Waals surface area (Å²) < 4.78 is 11.6. The van der Waals surface area contributed by atoms with Gasteiger partial charge in [-0.05, 0) is 25.0 Å². The van der Waals surface area contributed by atoms with Crippen LogP contribution in [0.3, 0.4) is 0 Å². The number of nitrogens with zero attached hydrogens (tertiary/aromatic N) is 2. The molecule has 2 N–H and O–H groups in total. The fourth-order valence-corrected chi connectivity index (χ4v) is 4.20. The van der Waals surface area contributed by atoms with Gasteiger partial charge in [0.2, 0.25) is 16.9 Å². The molecule has 1 fully saturated rings. The molecule has 27 heavy (non-hydrogen) atoms. The number of benzene rings is 1. The molecule has 8 nitrogen and oxygen atoms in total. The Morgan fingerprint density at radius 2 is 1.96 bits per heavy atom. The van der Waals surface area contributed by atoms with Crippen molar-refractivity contribution < 1.29 is 19.1 Å². The average molecular weight is 406 g/mol. The van der Waals surface area contributed by atoms with Crippen LogP contribution in [0.25, 0.3) is 0 Å². The van der Waals surface area contributed by atoms with E-state index in [9.17, 15) is 9.59 Å². The van der Waals surface area contributed by atoms with Crippen molar-refractivity contribution in [3.8, 4) is 11.5 Å². The van der Waals surface area contributed by atoms with Gasteiger partial charge in [-0.15, -0.1) is 10.2 Å². The third kappa shape index (κ3) is 4.51. The smallest absolute Gasteiger partial charge is 0.234 e. The van der Waals surface area contributed by atoms with Crippen molar-refractivity contribution >= 4 is 45.7 Å². The van der Waals surface area contributed by atoms with Crippen LogP contribution in [0.15, 0.2) is 22.5 Å². The number of hydrogen-bond donors (Lipinski definition) is 2. The maximum absolute atomic E-state index is 12.2. The van der Waals surface area contributed by atoms with Gasteiger partial charge in [0.15, 0.2) is 15.8 Å². The van der Waals surface area contributed by atoms with Gasteiger partial charge in [-0.2, -0.15) is 0 Å². The number of nitrogens with one attached hydrogen (secondary N) is 2. The van der Waals surface area contributed by atoms with E-state index in [0.29, 0.717) is 39.9 Å². The molecule has 2 heterocycles. The van der Waals surface area contributed by atoms with Gasteiger partial charge in [0.25, 0.3) is 0 Å². The van der Waals surface area contributed by atoms with Crippen molar-refractivity contribution in [2.75, 3.05) is 29.6 Å². The standard InChI is InChI=1S/C17H18N4O4S2/c22-14(18-11-4-5-12-13(8-11)25-7-6-24-12)9-26-17-21-20-16(27-17)19-15(23)10-2-1-3-10/h4-5,8,10H,1-3,6-7,9H2,(H,18,22)(H,19,20,23). The summed E-state index contributed by atoms with van der Waals surface area (Å²) in [5, 5.41) is 14.1. The molecule has 0 atom stereocenters. The molecule has 2 amide bonds. The van der Waals surface area contributed by atoms with Crippen LogP contribution in [0.5, 0.6) is 11.5 Å². The van der Waals surface area contributed by atoms with Gasteiger partial charge in [0.05, 0.1) is 5.75 Å². The van der Waals surface area contributed by atoms with Crippen molar-refractivity contribution in [2.45, 2.75) is 23.6 Å². The van der Waals surface area contributed by atoms with E-state index in [1.54, 1.807) is 18.2 Å². The van der Waals surface area contributed by atoms with E-state index in [-0.39, 0.29) is 23.5 Å². The molecule has 1 aliphatic carbocycles. The van der Waals surface area contributed by atoms with E-state index >= 15 is 0 Å². The molecule has 0 unspecified atom stereocenters. The van der Waals surface area contributed by atoms with E-state index in [2.05, 4.69) is 20.8 Å². The van der Waals surface area contributed by atoms with Crippen molar-refractivity contribution in [3.05, 3.63) is 18.2 Å². The number of anilines is 2. The van der Waals surface area contributed by atoms with Crippen LogP contribution in [0.1, 0.15) is 19.3 Å². The number of rotatable bonds is 6. The molecule has 142 valence electrons. The lowest BCUT2D eigenvalue weighted by atomic mass is 9.85. The van der Waals surface area contributed by atoms with Gasteiger partial charge >= 0.3 is 0 Å². The Bertz CT molecular complexity index is 853. The van der Waals surface area contributed by atoms with Crippen molar-refractivity contribution in [2.24, 2.45) is 5.92 Å². The third-order valence-corrected chi connectivity index (χ3v) is 6.24. The molecule has 1 aliphatic heterocycles. The lowest BCUT2D eigenvalue weighted by Gasteiger charge is -2.23. The second-order valence-electron chi connectivity index (χ2n) is 6.19. The first kappa shape index (κ1) is 18.1. The Labute approximate surface area is 164 Å². The van der Waals surface area contributed by atoms with Gasteiger partial charge in [0, 0.05) is 17.7 Å². The fourth-order valence-electron chi connectivity index (χ4n) is 2.64. The van der Waals surface area contributed by atoms with Crippen LogP contribution in [0, 0.1) is 5.92 Å². The van der Waals surface area contributed by atoms with Crippen molar-refractivity contribution in [1.29, 1.82) is 0 Å². The molecular weight excluding hydrogens is 388 g/mol. The Balaban J connectivity index is 1.26. The number of aromatic nitrogens is 2. The highest BCUT2D eigenvalue weighted by Gasteiger charge is 2.26. The Morgan fingerprint density at radius 1 is 1.15 bits per heavy atom. The Kier molecular flexibility index (Phi) is 5.44. The van der Waals surface area contributed by atoms with Crippen molar-refractivity contribution in [1.82, 2.24) is 10.2 Å². The topological polar surface area (TPSA) is 102 Å². The fraction of sp³-hybridized carbons (Fsp3) is 0.412. The molecule has 1 aromatic carbocycles. The van der Waals surface area contributed by atoms with Gasteiger partial charge in [-0.1, -0.05) is 29.5 Å². The SMILES string of the molecule is O=C(CSc1nnc(NC(=O)C2CCC2)s1)Nc1ccc2c(c1)OCCO2. The largest absolute Gasteiger partial charge is 0.486 e. The van der Waals surface area contributed by atoms with Crippen LogP contribution in [-0.2, 0) is 9.59 Å². The summed E-state index contributed by atoms with van der Waals surface area (Å²) in [5.74, 6) is 1.44. The second kappa shape index (κ2) is 8.13. The summed E-state index contributed by atoms with van der Waals surface area (Å²) in [6.45, 7) is 1.03. The number of ether oxygens (including phenoxy) is 2. The molecule has 0 radical (unpaired) electrons. The highest BCUT2D eigenvalue weighted by atomic mass is 32.2. The number of carbonyl (C=O) groups excluding carboxylic acids is 2. The Hall–Kier alpha value is -2.33. The quantitative estimate of drug-likeness (QED) is 0.562. The summed E-state index contributed by atoms with van der Waals surface area (Å²) in [5.41, 5.74) is 0.649. The van der Waals surface area contributed by atoms with E-state index in [4.69, 9.17) is 9.47 Å². The van der Waals surface area contributed by atoms with Crippen LogP contribution in [0.2, 0.25) is 0 Å².